The van der Waals surface area contributed by atoms with Crippen LogP contribution in [0.2, 0.25) is 0 Å². The number of hydrogen-bond donors (Lipinski definition) is 1. The van der Waals surface area contributed by atoms with Crippen molar-refractivity contribution in [2.45, 2.75) is 33.2 Å². The molecule has 0 heterocycles. The molecule has 0 radical (unpaired) electrons. The van der Waals surface area contributed by atoms with Crippen LogP contribution in [0.5, 0.6) is 0 Å². The Bertz CT molecular complexity index is 494. The van der Waals surface area contributed by atoms with Gasteiger partial charge >= 0.3 is 0 Å². The summed E-state index contributed by atoms with van der Waals surface area (Å²) in [6, 6.07) is 7.45. The normalized spacial score (nSPS) is 10.9. The van der Waals surface area contributed by atoms with Crippen LogP contribution in [0, 0.1) is 5.41 Å². The molecule has 96 valence electrons. The number of rotatable bonds is 4. The molecule has 1 rings (SSSR count). The van der Waals surface area contributed by atoms with Crippen molar-refractivity contribution in [3.8, 4) is 0 Å². The van der Waals surface area contributed by atoms with Crippen molar-refractivity contribution >= 4 is 34.9 Å². The lowest BCUT2D eigenvalue weighted by Gasteiger charge is -2.38. The maximum atomic E-state index is 11.8. The van der Waals surface area contributed by atoms with Crippen molar-refractivity contribution in [1.82, 2.24) is 0 Å². The zero-order chi connectivity index (χ0) is 13.9. The zero-order valence-corrected chi connectivity index (χ0v) is 12.0. The molecule has 0 fully saturated rings. The molecule has 0 bridgehead atoms. The third-order valence-corrected chi connectivity index (χ3v) is 3.21. The maximum Gasteiger partial charge on any atom is 0.155 e. The highest BCUT2D eigenvalue weighted by Gasteiger charge is 2.33. The molecule has 4 heteroatoms. The standard InChI is InChI=1S/C14H18N2OS/c1-10(17)14(3,4)16(11(2)18)13-7-5-6-12(8-13)9-15/h5-9,15H,1-4H3. The Morgan fingerprint density at radius 3 is 2.44 bits per heavy atom. The molecule has 3 nitrogen and oxygen atoms in total. The van der Waals surface area contributed by atoms with Crippen LogP contribution in [0.4, 0.5) is 5.69 Å². The minimum atomic E-state index is -0.688. The van der Waals surface area contributed by atoms with Crippen molar-refractivity contribution in [1.29, 1.82) is 5.41 Å². The second-order valence-electron chi connectivity index (χ2n) is 4.71. The summed E-state index contributed by atoms with van der Waals surface area (Å²) in [7, 11) is 0. The average molecular weight is 262 g/mol. The summed E-state index contributed by atoms with van der Waals surface area (Å²) >= 11 is 5.26. The number of Topliss-reactive ketones (excluding diaryl/α,β-unsaturated/α-hetero) is 1. The molecule has 18 heavy (non-hydrogen) atoms. The first-order valence-electron chi connectivity index (χ1n) is 5.73. The Balaban J connectivity index is 3.33. The zero-order valence-electron chi connectivity index (χ0n) is 11.2. The van der Waals surface area contributed by atoms with Gasteiger partial charge in [0.05, 0.1) is 10.5 Å². The van der Waals surface area contributed by atoms with Crippen LogP contribution in [-0.4, -0.2) is 22.5 Å². The lowest BCUT2D eigenvalue weighted by molar-refractivity contribution is -0.120. The van der Waals surface area contributed by atoms with E-state index in [1.165, 1.54) is 6.21 Å². The van der Waals surface area contributed by atoms with Gasteiger partial charge in [-0.1, -0.05) is 24.4 Å². The number of anilines is 1. The van der Waals surface area contributed by atoms with Crippen molar-refractivity contribution < 1.29 is 4.79 Å². The first-order chi connectivity index (χ1) is 8.30. The van der Waals surface area contributed by atoms with Crippen LogP contribution in [-0.2, 0) is 4.79 Å². The number of ketones is 1. The average Bonchev–Trinajstić information content (AvgIpc) is 2.28. The molecular weight excluding hydrogens is 244 g/mol. The highest BCUT2D eigenvalue weighted by molar-refractivity contribution is 7.80. The smallest absolute Gasteiger partial charge is 0.155 e. The molecule has 1 aromatic rings. The van der Waals surface area contributed by atoms with Gasteiger partial charge in [-0.3, -0.25) is 4.79 Å². The molecule has 0 aromatic heterocycles. The number of benzene rings is 1. The minimum absolute atomic E-state index is 0.0481. The monoisotopic (exact) mass is 262 g/mol. The van der Waals surface area contributed by atoms with Gasteiger partial charge in [-0.15, -0.1) is 0 Å². The molecule has 0 unspecified atom stereocenters. The third-order valence-electron chi connectivity index (χ3n) is 3.03. The molecular formula is C14H18N2OS. The summed E-state index contributed by atoms with van der Waals surface area (Å²) in [5.41, 5.74) is 0.934. The lowest BCUT2D eigenvalue weighted by Crippen LogP contribution is -2.51. The van der Waals surface area contributed by atoms with Gasteiger partial charge in [-0.05, 0) is 45.4 Å². The van der Waals surface area contributed by atoms with Crippen LogP contribution in [0.15, 0.2) is 24.3 Å². The molecule has 0 atom stereocenters. The highest BCUT2D eigenvalue weighted by atomic mass is 32.1. The fraction of sp³-hybridized carbons (Fsp3) is 0.357. The van der Waals surface area contributed by atoms with E-state index in [9.17, 15) is 4.79 Å². The molecule has 0 aliphatic rings. The molecule has 0 aliphatic heterocycles. The van der Waals surface area contributed by atoms with E-state index in [-0.39, 0.29) is 5.78 Å². The minimum Gasteiger partial charge on any atom is -0.323 e. The molecule has 0 saturated carbocycles. The van der Waals surface area contributed by atoms with E-state index in [1.807, 2.05) is 43.0 Å². The van der Waals surface area contributed by atoms with E-state index in [1.54, 1.807) is 13.8 Å². The fourth-order valence-electron chi connectivity index (χ4n) is 1.81. The summed E-state index contributed by atoms with van der Waals surface area (Å²) in [4.78, 5) is 14.3. The number of hydrogen-bond acceptors (Lipinski definition) is 3. The van der Waals surface area contributed by atoms with Crippen molar-refractivity contribution in [2.24, 2.45) is 0 Å². The summed E-state index contributed by atoms with van der Waals surface area (Å²) < 4.78 is 0. The molecule has 0 aliphatic carbocycles. The van der Waals surface area contributed by atoms with Gasteiger partial charge in [0, 0.05) is 11.9 Å². The van der Waals surface area contributed by atoms with Gasteiger partial charge in [-0.2, -0.15) is 0 Å². The number of nitrogens with one attached hydrogen (secondary N) is 1. The number of nitrogens with zero attached hydrogens (tertiary/aromatic N) is 1. The Morgan fingerprint density at radius 1 is 1.39 bits per heavy atom. The summed E-state index contributed by atoms with van der Waals surface area (Å²) in [6.07, 6.45) is 1.28. The predicted octanol–water partition coefficient (Wildman–Crippen LogP) is 3.21. The molecule has 1 N–H and O–H groups in total. The Labute approximate surface area is 113 Å². The van der Waals surface area contributed by atoms with E-state index in [2.05, 4.69) is 0 Å². The van der Waals surface area contributed by atoms with Crippen molar-refractivity contribution in [3.63, 3.8) is 0 Å². The van der Waals surface area contributed by atoms with E-state index >= 15 is 0 Å². The fourth-order valence-corrected chi connectivity index (χ4v) is 2.14. The summed E-state index contributed by atoms with van der Waals surface area (Å²) in [5, 5.41) is 7.29. The SMILES string of the molecule is CC(=O)C(C)(C)N(C(C)=S)c1cccc(C=N)c1. The number of carbonyl (C=O) groups excluding carboxylic acids is 1. The van der Waals surface area contributed by atoms with Crippen LogP contribution >= 0.6 is 12.2 Å². The number of thiocarbonyl (C=S) groups is 1. The summed E-state index contributed by atoms with van der Waals surface area (Å²) in [5.74, 6) is 0.0481. The van der Waals surface area contributed by atoms with E-state index in [0.29, 0.717) is 4.99 Å². The van der Waals surface area contributed by atoms with Crippen LogP contribution in [0.25, 0.3) is 0 Å². The van der Waals surface area contributed by atoms with Crippen LogP contribution in [0.1, 0.15) is 33.3 Å². The van der Waals surface area contributed by atoms with Gasteiger partial charge < -0.3 is 10.3 Å². The van der Waals surface area contributed by atoms with Gasteiger partial charge in [0.1, 0.15) is 0 Å². The molecule has 0 saturated heterocycles. The highest BCUT2D eigenvalue weighted by Crippen LogP contribution is 2.26. The number of carbonyl (C=O) groups is 1. The molecule has 1 aromatic carbocycles. The second kappa shape index (κ2) is 5.40. The van der Waals surface area contributed by atoms with Gasteiger partial charge in [-0.25, -0.2) is 0 Å². The largest absolute Gasteiger partial charge is 0.323 e. The first-order valence-corrected chi connectivity index (χ1v) is 6.14. The topological polar surface area (TPSA) is 44.2 Å². The van der Waals surface area contributed by atoms with E-state index < -0.39 is 5.54 Å². The maximum absolute atomic E-state index is 11.8. The molecule has 0 spiro atoms. The lowest BCUT2D eigenvalue weighted by atomic mass is 9.96. The van der Waals surface area contributed by atoms with E-state index in [0.717, 1.165) is 11.3 Å². The Kier molecular flexibility index (Phi) is 4.35. The first kappa shape index (κ1) is 14.5. The quantitative estimate of drug-likeness (QED) is 0.669. The van der Waals surface area contributed by atoms with Crippen molar-refractivity contribution in [2.75, 3.05) is 4.90 Å². The van der Waals surface area contributed by atoms with Crippen LogP contribution in [0.3, 0.4) is 0 Å². The second-order valence-corrected chi connectivity index (χ2v) is 5.30. The third kappa shape index (κ3) is 2.82. The molecule has 0 amide bonds. The van der Waals surface area contributed by atoms with Gasteiger partial charge in [0.25, 0.3) is 0 Å². The summed E-state index contributed by atoms with van der Waals surface area (Å²) in [6.45, 7) is 7.06. The Hall–Kier alpha value is -1.55. The Morgan fingerprint density at radius 2 is 2.00 bits per heavy atom. The van der Waals surface area contributed by atoms with E-state index in [4.69, 9.17) is 17.6 Å². The van der Waals surface area contributed by atoms with Gasteiger partial charge in [0.2, 0.25) is 0 Å². The van der Waals surface area contributed by atoms with Crippen LogP contribution < -0.4 is 4.90 Å². The van der Waals surface area contributed by atoms with Gasteiger partial charge in [0.15, 0.2) is 5.78 Å². The predicted molar refractivity (Wildman–Crippen MR) is 79.8 cm³/mol. The van der Waals surface area contributed by atoms with Crippen molar-refractivity contribution in [3.05, 3.63) is 29.8 Å².